The van der Waals surface area contributed by atoms with Crippen molar-refractivity contribution < 1.29 is 14.1 Å². The number of rotatable bonds is 8. The Morgan fingerprint density at radius 1 is 1.33 bits per heavy atom. The van der Waals surface area contributed by atoms with E-state index in [1.807, 2.05) is 44.2 Å². The van der Waals surface area contributed by atoms with Crippen LogP contribution in [0.1, 0.15) is 13.8 Å². The van der Waals surface area contributed by atoms with E-state index in [4.69, 9.17) is 26.5 Å². The average Bonchev–Trinajstić information content (AvgIpc) is 2.59. The zero-order valence-corrected chi connectivity index (χ0v) is 17.3. The van der Waals surface area contributed by atoms with Gasteiger partial charge in [-0.15, -0.1) is 0 Å². The van der Waals surface area contributed by atoms with Gasteiger partial charge < -0.3 is 14.6 Å². The lowest BCUT2D eigenvalue weighted by Gasteiger charge is -2.29. The molecule has 134 valence electrons. The van der Waals surface area contributed by atoms with Crippen LogP contribution in [0.25, 0.3) is 0 Å². The van der Waals surface area contributed by atoms with E-state index in [2.05, 4.69) is 10.0 Å². The maximum absolute atomic E-state index is 11.8. The minimum Gasteiger partial charge on any atom is -0.431 e. The molecule has 2 unspecified atom stereocenters. The lowest BCUT2D eigenvalue weighted by atomic mass is 10.4. The van der Waals surface area contributed by atoms with Crippen molar-refractivity contribution >= 4 is 56.3 Å². The molecule has 0 aliphatic rings. The molecule has 24 heavy (non-hydrogen) atoms. The smallest absolute Gasteiger partial charge is 0.408 e. The van der Waals surface area contributed by atoms with Gasteiger partial charge in [-0.1, -0.05) is 42.1 Å². The van der Waals surface area contributed by atoms with Gasteiger partial charge in [0.25, 0.3) is 0 Å². The summed E-state index contributed by atoms with van der Waals surface area (Å²) in [5.74, 6) is -0.952. The molecule has 6 nitrogen and oxygen atoms in total. The summed E-state index contributed by atoms with van der Waals surface area (Å²) in [6.07, 6.45) is -3.43. The van der Waals surface area contributed by atoms with E-state index in [0.717, 1.165) is 5.30 Å². The Labute approximate surface area is 156 Å². The summed E-state index contributed by atoms with van der Waals surface area (Å²) in [5, 5.41) is 11.6. The van der Waals surface area contributed by atoms with Gasteiger partial charge in [-0.2, -0.15) is 0 Å². The summed E-state index contributed by atoms with van der Waals surface area (Å²) in [6.45, 7) is 4.00. The van der Waals surface area contributed by atoms with Crippen molar-refractivity contribution in [1.29, 1.82) is 5.41 Å². The molecule has 2 atom stereocenters. The molecule has 0 aliphatic heterocycles. The van der Waals surface area contributed by atoms with Crippen molar-refractivity contribution in [2.45, 2.75) is 25.7 Å². The minimum absolute atomic E-state index is 0.130. The Hall–Kier alpha value is -0.570. The zero-order chi connectivity index (χ0) is 18.2. The van der Waals surface area contributed by atoms with Crippen LogP contribution in [0.5, 0.6) is 0 Å². The fourth-order valence-electron chi connectivity index (χ4n) is 1.62. The topological polar surface area (TPSA) is 83.4 Å². The van der Waals surface area contributed by atoms with Gasteiger partial charge >= 0.3 is 6.09 Å². The van der Waals surface area contributed by atoms with Crippen molar-refractivity contribution in [2.24, 2.45) is 0 Å². The molecule has 1 aromatic carbocycles. The molecule has 3 N–H and O–H groups in total. The summed E-state index contributed by atoms with van der Waals surface area (Å²) in [7, 11) is 5.42. The summed E-state index contributed by atoms with van der Waals surface area (Å²) >= 11 is 5.74. The SMILES string of the molecule is CNC(=O)OC(C(=N)SSNC(C)C)P(=S)(OC)c1ccccc1. The van der Waals surface area contributed by atoms with E-state index in [1.165, 1.54) is 35.9 Å². The molecule has 1 amide bonds. The van der Waals surface area contributed by atoms with Gasteiger partial charge in [-0.05, 0) is 35.6 Å². The number of nitrogens with one attached hydrogen (secondary N) is 3. The Morgan fingerprint density at radius 3 is 2.46 bits per heavy atom. The molecule has 0 aromatic heterocycles. The summed E-state index contributed by atoms with van der Waals surface area (Å²) in [5.41, 5.74) is 0. The number of benzene rings is 1. The predicted molar refractivity (Wildman–Crippen MR) is 108 cm³/mol. The molecule has 1 rings (SSSR count). The first-order valence-corrected chi connectivity index (χ1v) is 12.1. The van der Waals surface area contributed by atoms with E-state index >= 15 is 0 Å². The Bertz CT molecular complexity index is 601. The second-order valence-electron chi connectivity index (χ2n) is 4.93. The first-order valence-electron chi connectivity index (χ1n) is 7.12. The fourth-order valence-corrected chi connectivity index (χ4v) is 6.96. The van der Waals surface area contributed by atoms with Crippen LogP contribution in [0.4, 0.5) is 4.79 Å². The monoisotopic (exact) mass is 407 g/mol. The van der Waals surface area contributed by atoms with Crippen LogP contribution in [0.3, 0.4) is 0 Å². The van der Waals surface area contributed by atoms with E-state index < -0.39 is 18.2 Å². The van der Waals surface area contributed by atoms with Gasteiger partial charge in [-0.3, -0.25) is 10.1 Å². The third-order valence-corrected chi connectivity index (χ3v) is 9.25. The number of carbonyl (C=O) groups excluding carboxylic acids is 1. The van der Waals surface area contributed by atoms with Crippen LogP contribution < -0.4 is 15.3 Å². The van der Waals surface area contributed by atoms with E-state index in [1.54, 1.807) is 0 Å². The van der Waals surface area contributed by atoms with Crippen molar-refractivity contribution in [1.82, 2.24) is 10.0 Å². The molecule has 0 radical (unpaired) electrons. The quantitative estimate of drug-likeness (QED) is 0.200. The number of amides is 1. The third-order valence-electron chi connectivity index (χ3n) is 2.76. The molecular formula is C14H22N3O3PS3. The maximum Gasteiger partial charge on any atom is 0.408 e. The number of alkyl carbamates (subject to hydrolysis) is 1. The summed E-state index contributed by atoms with van der Waals surface area (Å²) in [6, 6.07) is 9.49. The number of hydrogen-bond donors (Lipinski definition) is 3. The standard InChI is InChI=1S/C14H22N3O3PS3/c1-10(2)17-24-23-12(15)13(20-14(18)16-3)21(22,19-4)11-8-6-5-7-9-11/h5-10,13,15,17H,1-4H3,(H,16,18). The molecule has 0 saturated carbocycles. The lowest BCUT2D eigenvalue weighted by molar-refractivity contribution is 0.152. The summed E-state index contributed by atoms with van der Waals surface area (Å²) < 4.78 is 14.2. The van der Waals surface area contributed by atoms with Gasteiger partial charge in [0.2, 0.25) is 5.85 Å². The van der Waals surface area contributed by atoms with E-state index in [-0.39, 0.29) is 11.1 Å². The molecule has 10 heteroatoms. The Morgan fingerprint density at radius 2 is 1.96 bits per heavy atom. The highest BCUT2D eigenvalue weighted by atomic mass is 33.1. The first kappa shape index (κ1) is 21.5. The molecule has 0 fully saturated rings. The number of carbonyl (C=O) groups is 1. The Kier molecular flexibility index (Phi) is 9.33. The molecule has 0 saturated heterocycles. The van der Waals surface area contributed by atoms with Crippen LogP contribution in [0.2, 0.25) is 0 Å². The lowest BCUT2D eigenvalue weighted by Crippen LogP contribution is -2.33. The van der Waals surface area contributed by atoms with Crippen LogP contribution in [-0.4, -0.2) is 37.2 Å². The van der Waals surface area contributed by atoms with Crippen LogP contribution >= 0.6 is 28.0 Å². The largest absolute Gasteiger partial charge is 0.431 e. The molecule has 0 aliphatic carbocycles. The molecule has 0 heterocycles. The molecule has 0 bridgehead atoms. The predicted octanol–water partition coefficient (Wildman–Crippen LogP) is 3.31. The fraction of sp³-hybridized carbons (Fsp3) is 0.429. The highest BCUT2D eigenvalue weighted by Gasteiger charge is 2.37. The zero-order valence-electron chi connectivity index (χ0n) is 13.9. The van der Waals surface area contributed by atoms with Crippen molar-refractivity contribution in [3.8, 4) is 0 Å². The van der Waals surface area contributed by atoms with E-state index in [0.29, 0.717) is 0 Å². The second-order valence-corrected chi connectivity index (χ2v) is 11.1. The minimum atomic E-state index is -2.79. The van der Waals surface area contributed by atoms with Crippen molar-refractivity contribution in [3.05, 3.63) is 30.3 Å². The van der Waals surface area contributed by atoms with Gasteiger partial charge in [0.15, 0.2) is 0 Å². The second kappa shape index (κ2) is 10.4. The van der Waals surface area contributed by atoms with Gasteiger partial charge in [-0.25, -0.2) is 4.79 Å². The Balaban J connectivity index is 3.08. The molecule has 1 aromatic rings. The molecular weight excluding hydrogens is 385 g/mol. The number of hydrogen-bond acceptors (Lipinski definition) is 8. The highest BCUT2D eigenvalue weighted by molar-refractivity contribution is 8.81. The van der Waals surface area contributed by atoms with Gasteiger partial charge in [0.1, 0.15) is 11.3 Å². The maximum atomic E-state index is 11.8. The summed E-state index contributed by atoms with van der Waals surface area (Å²) in [4.78, 5) is 11.8. The normalized spacial score (nSPS) is 14.7. The van der Waals surface area contributed by atoms with Crippen LogP contribution in [0.15, 0.2) is 30.3 Å². The van der Waals surface area contributed by atoms with Gasteiger partial charge in [0.05, 0.1) is 0 Å². The first-order chi connectivity index (χ1) is 11.3. The van der Waals surface area contributed by atoms with Crippen molar-refractivity contribution in [3.63, 3.8) is 0 Å². The average molecular weight is 408 g/mol. The van der Waals surface area contributed by atoms with Crippen LogP contribution in [0, 0.1) is 5.41 Å². The highest BCUT2D eigenvalue weighted by Crippen LogP contribution is 2.53. The third kappa shape index (κ3) is 6.06. The molecule has 0 spiro atoms. The van der Waals surface area contributed by atoms with Gasteiger partial charge in [0, 0.05) is 25.5 Å². The van der Waals surface area contributed by atoms with Crippen LogP contribution in [-0.2, 0) is 21.1 Å². The van der Waals surface area contributed by atoms with Crippen molar-refractivity contribution in [2.75, 3.05) is 14.2 Å². The van der Waals surface area contributed by atoms with E-state index in [9.17, 15) is 4.79 Å². The number of ether oxygens (including phenoxy) is 1.